The monoisotopic (exact) mass is 562 g/mol. The normalized spacial score (nSPS) is 11.8. The lowest BCUT2D eigenvalue weighted by Gasteiger charge is -2.14. The van der Waals surface area contributed by atoms with Crippen LogP contribution in [-0.2, 0) is 28.7 Å². The number of rotatable bonds is 10. The Hall–Kier alpha value is -1.72. The minimum atomic E-state index is -3.42. The van der Waals surface area contributed by atoms with Gasteiger partial charge in [0, 0.05) is 19.1 Å². The van der Waals surface area contributed by atoms with Crippen molar-refractivity contribution in [1.82, 2.24) is 15.4 Å². The molecule has 6 nitrogen and oxygen atoms in total. The van der Waals surface area contributed by atoms with Crippen molar-refractivity contribution in [2.75, 3.05) is 13.1 Å². The summed E-state index contributed by atoms with van der Waals surface area (Å²) in [5.41, 5.74) is 2.21. The molecule has 0 aliphatic carbocycles. The predicted molar refractivity (Wildman–Crippen MR) is 136 cm³/mol. The highest BCUT2D eigenvalue weighted by Gasteiger charge is 2.15. The summed E-state index contributed by atoms with van der Waals surface area (Å²) in [7, 11) is -3.42. The molecule has 9 heteroatoms. The number of benzene rings is 2. The van der Waals surface area contributed by atoms with Gasteiger partial charge in [0.1, 0.15) is 5.82 Å². The summed E-state index contributed by atoms with van der Waals surface area (Å²) in [6.07, 6.45) is 0.535. The Morgan fingerprint density at radius 1 is 1.00 bits per heavy atom. The Labute approximate surface area is 202 Å². The maximum absolute atomic E-state index is 13.8. The van der Waals surface area contributed by atoms with Crippen LogP contribution in [0.5, 0.6) is 0 Å². The van der Waals surface area contributed by atoms with Gasteiger partial charge < -0.3 is 10.6 Å². The molecule has 172 valence electrons. The first-order chi connectivity index (χ1) is 14.3. The number of halogens is 2. The van der Waals surface area contributed by atoms with E-state index in [1.165, 1.54) is 6.07 Å². The van der Waals surface area contributed by atoms with Crippen molar-refractivity contribution >= 4 is 40.0 Å². The van der Waals surface area contributed by atoms with Crippen LogP contribution in [0.1, 0.15) is 37.5 Å². The standard InChI is InChI=1S/C22H31FN4O2S.HI/c1-4-24-22(25-14-13-18-9-7-8-12-21(18)23)26-15-19-10-5-6-11-20(19)16-30(28,29)27-17(2)3;/h5-12,17,27H,4,13-16H2,1-3H3,(H2,24,25,26);1H. The number of hydrogen-bond donors (Lipinski definition) is 3. The van der Waals surface area contributed by atoms with E-state index in [4.69, 9.17) is 0 Å². The fraction of sp³-hybridized carbons (Fsp3) is 0.409. The van der Waals surface area contributed by atoms with E-state index in [-0.39, 0.29) is 41.6 Å². The van der Waals surface area contributed by atoms with Crippen LogP contribution in [0.3, 0.4) is 0 Å². The van der Waals surface area contributed by atoms with Gasteiger partial charge in [-0.2, -0.15) is 0 Å². The Morgan fingerprint density at radius 2 is 1.61 bits per heavy atom. The molecule has 31 heavy (non-hydrogen) atoms. The molecule has 2 rings (SSSR count). The van der Waals surface area contributed by atoms with E-state index in [0.29, 0.717) is 37.6 Å². The van der Waals surface area contributed by atoms with Gasteiger partial charge in [-0.25, -0.2) is 22.5 Å². The average Bonchev–Trinajstić information content (AvgIpc) is 2.67. The molecule has 2 aromatic carbocycles. The molecule has 2 aromatic rings. The summed E-state index contributed by atoms with van der Waals surface area (Å²) >= 11 is 0. The summed E-state index contributed by atoms with van der Waals surface area (Å²) in [6.45, 7) is 7.10. The third-order valence-corrected chi connectivity index (χ3v) is 5.80. The van der Waals surface area contributed by atoms with Crippen LogP contribution in [0.25, 0.3) is 0 Å². The Balaban J connectivity index is 0.00000480. The third kappa shape index (κ3) is 9.96. The van der Waals surface area contributed by atoms with Crippen LogP contribution < -0.4 is 15.4 Å². The van der Waals surface area contributed by atoms with E-state index < -0.39 is 10.0 Å². The lowest BCUT2D eigenvalue weighted by atomic mass is 10.1. The summed E-state index contributed by atoms with van der Waals surface area (Å²) in [5, 5.41) is 6.36. The van der Waals surface area contributed by atoms with E-state index in [2.05, 4.69) is 20.3 Å². The average molecular weight is 562 g/mol. The lowest BCUT2D eigenvalue weighted by Crippen LogP contribution is -2.38. The van der Waals surface area contributed by atoms with Crippen LogP contribution in [-0.4, -0.2) is 33.5 Å². The van der Waals surface area contributed by atoms with Crippen molar-refractivity contribution in [3.05, 3.63) is 71.0 Å². The zero-order valence-electron chi connectivity index (χ0n) is 18.2. The highest BCUT2D eigenvalue weighted by molar-refractivity contribution is 14.0. The quantitative estimate of drug-likeness (QED) is 0.235. The molecule has 0 saturated heterocycles. The number of nitrogens with one attached hydrogen (secondary N) is 3. The van der Waals surface area contributed by atoms with Crippen molar-refractivity contribution in [3.8, 4) is 0 Å². The third-order valence-electron chi connectivity index (χ3n) is 4.28. The maximum Gasteiger partial charge on any atom is 0.216 e. The second-order valence-electron chi connectivity index (χ2n) is 7.26. The molecule has 0 aliphatic heterocycles. The first-order valence-corrected chi connectivity index (χ1v) is 11.8. The Kier molecular flexibility index (Phi) is 12.0. The summed E-state index contributed by atoms with van der Waals surface area (Å²) < 4.78 is 41.0. The smallest absolute Gasteiger partial charge is 0.216 e. The van der Waals surface area contributed by atoms with Gasteiger partial charge in [-0.3, -0.25) is 0 Å². The molecule has 0 spiro atoms. The van der Waals surface area contributed by atoms with Gasteiger partial charge in [-0.1, -0.05) is 42.5 Å². The molecule has 3 N–H and O–H groups in total. The SMILES string of the molecule is CCNC(=NCc1ccccc1CS(=O)(=O)NC(C)C)NCCc1ccccc1F.I. The maximum atomic E-state index is 13.8. The van der Waals surface area contributed by atoms with Gasteiger partial charge >= 0.3 is 0 Å². The highest BCUT2D eigenvalue weighted by atomic mass is 127. The van der Waals surface area contributed by atoms with Crippen molar-refractivity contribution in [1.29, 1.82) is 0 Å². The second kappa shape index (κ2) is 13.6. The molecule has 0 heterocycles. The van der Waals surface area contributed by atoms with E-state index in [0.717, 1.165) is 11.1 Å². The highest BCUT2D eigenvalue weighted by Crippen LogP contribution is 2.14. The van der Waals surface area contributed by atoms with E-state index in [1.54, 1.807) is 26.0 Å². The lowest BCUT2D eigenvalue weighted by molar-refractivity contribution is 0.569. The van der Waals surface area contributed by atoms with Gasteiger partial charge in [-0.05, 0) is 49.9 Å². The van der Waals surface area contributed by atoms with Crippen molar-refractivity contribution in [3.63, 3.8) is 0 Å². The Morgan fingerprint density at radius 3 is 2.23 bits per heavy atom. The molecule has 0 aliphatic rings. The second-order valence-corrected chi connectivity index (χ2v) is 9.02. The molecule has 0 aromatic heterocycles. The molecule has 0 fully saturated rings. The number of aliphatic imine (C=N–C) groups is 1. The number of nitrogens with zero attached hydrogens (tertiary/aromatic N) is 1. The summed E-state index contributed by atoms with van der Waals surface area (Å²) in [4.78, 5) is 4.57. The molecule has 0 radical (unpaired) electrons. The van der Waals surface area contributed by atoms with Crippen LogP contribution in [0.2, 0.25) is 0 Å². The van der Waals surface area contributed by atoms with E-state index >= 15 is 0 Å². The van der Waals surface area contributed by atoms with Crippen molar-refractivity contribution in [2.24, 2.45) is 4.99 Å². The molecular formula is C22H32FIN4O2S. The van der Waals surface area contributed by atoms with Crippen LogP contribution in [0.15, 0.2) is 53.5 Å². The molecular weight excluding hydrogens is 530 g/mol. The van der Waals surface area contributed by atoms with Crippen molar-refractivity contribution in [2.45, 2.75) is 45.5 Å². The van der Waals surface area contributed by atoms with E-state index in [9.17, 15) is 12.8 Å². The summed E-state index contributed by atoms with van der Waals surface area (Å²) in [6, 6.07) is 13.9. The zero-order valence-corrected chi connectivity index (χ0v) is 21.3. The van der Waals surface area contributed by atoms with Gasteiger partial charge in [0.05, 0.1) is 12.3 Å². The molecule has 0 unspecified atom stereocenters. The van der Waals surface area contributed by atoms with Gasteiger partial charge in [0.25, 0.3) is 0 Å². The number of hydrogen-bond acceptors (Lipinski definition) is 3. The first-order valence-electron chi connectivity index (χ1n) is 10.1. The van der Waals surface area contributed by atoms with Crippen LogP contribution in [0, 0.1) is 5.82 Å². The summed E-state index contributed by atoms with van der Waals surface area (Å²) in [5.74, 6) is 0.298. The van der Waals surface area contributed by atoms with Crippen LogP contribution in [0.4, 0.5) is 4.39 Å². The zero-order chi connectivity index (χ0) is 22.0. The molecule has 0 saturated carbocycles. The predicted octanol–water partition coefficient (Wildman–Crippen LogP) is 3.57. The minimum absolute atomic E-state index is 0. The van der Waals surface area contributed by atoms with E-state index in [1.807, 2.05) is 37.3 Å². The fourth-order valence-corrected chi connectivity index (χ4v) is 4.47. The Bertz CT molecular complexity index is 952. The van der Waals surface area contributed by atoms with Crippen LogP contribution >= 0.6 is 24.0 Å². The fourth-order valence-electron chi connectivity index (χ4n) is 2.98. The topological polar surface area (TPSA) is 82.6 Å². The largest absolute Gasteiger partial charge is 0.357 e. The number of sulfonamides is 1. The molecule has 0 amide bonds. The van der Waals surface area contributed by atoms with Gasteiger partial charge in [0.2, 0.25) is 10.0 Å². The number of guanidine groups is 1. The first kappa shape index (κ1) is 27.3. The van der Waals surface area contributed by atoms with Crippen molar-refractivity contribution < 1.29 is 12.8 Å². The molecule has 0 atom stereocenters. The minimum Gasteiger partial charge on any atom is -0.357 e. The van der Waals surface area contributed by atoms with Gasteiger partial charge in [-0.15, -0.1) is 24.0 Å². The van der Waals surface area contributed by atoms with Gasteiger partial charge in [0.15, 0.2) is 5.96 Å². The molecule has 0 bridgehead atoms.